The number of halogens is 1. The topological polar surface area (TPSA) is 69.7 Å². The maximum atomic E-state index is 13.4. The predicted molar refractivity (Wildman–Crippen MR) is 138 cm³/mol. The van der Waals surface area contributed by atoms with E-state index in [2.05, 4.69) is 29.1 Å². The second-order valence-corrected chi connectivity index (χ2v) is 11.2. The number of amides is 1. The first-order valence-electron chi connectivity index (χ1n) is 11.4. The molecule has 1 heterocycles. The number of aryl methyl sites for hydroxylation is 2. The van der Waals surface area contributed by atoms with Crippen molar-refractivity contribution < 1.29 is 13.2 Å². The fourth-order valence-electron chi connectivity index (χ4n) is 4.07. The smallest absolute Gasteiger partial charge is 0.296 e. The molecule has 1 saturated heterocycles. The van der Waals surface area contributed by atoms with Crippen LogP contribution in [-0.4, -0.2) is 53.0 Å². The first kappa shape index (κ1) is 26.1. The van der Waals surface area contributed by atoms with Crippen molar-refractivity contribution in [3.8, 4) is 11.8 Å². The highest BCUT2D eigenvalue weighted by Crippen LogP contribution is 2.29. The summed E-state index contributed by atoms with van der Waals surface area (Å²) in [5.74, 6) is 5.73. The standard InChI is InChI=1S/C26H32ClN3O3S/c1-19-18-25(20(2)17-23(19)27)34(32,33)30(4)24-8-6-5-7-22(24)9-10-26(31)28-14-11-21-12-15-29(3)16-13-21/h5-8,17-18,21H,11-16H2,1-4H3,(H,28,31). The molecule has 3 rings (SSSR count). The van der Waals surface area contributed by atoms with Crippen molar-refractivity contribution in [2.24, 2.45) is 5.92 Å². The number of nitrogens with one attached hydrogen (secondary N) is 1. The lowest BCUT2D eigenvalue weighted by molar-refractivity contribution is -0.115. The molecular weight excluding hydrogens is 470 g/mol. The zero-order chi connectivity index (χ0) is 24.9. The Morgan fingerprint density at radius 3 is 2.56 bits per heavy atom. The number of rotatable bonds is 6. The summed E-state index contributed by atoms with van der Waals surface area (Å²) in [6.45, 7) is 6.27. The normalized spacial score (nSPS) is 14.9. The van der Waals surface area contributed by atoms with Gasteiger partial charge in [-0.25, -0.2) is 8.42 Å². The van der Waals surface area contributed by atoms with Crippen molar-refractivity contribution in [2.45, 2.75) is 38.0 Å². The van der Waals surface area contributed by atoms with Crippen LogP contribution in [0.25, 0.3) is 0 Å². The molecule has 182 valence electrons. The zero-order valence-corrected chi connectivity index (χ0v) is 21.8. The van der Waals surface area contributed by atoms with Gasteiger partial charge in [0, 0.05) is 30.1 Å². The molecule has 0 atom stereocenters. The van der Waals surface area contributed by atoms with E-state index in [1.165, 1.54) is 11.4 Å². The molecule has 1 fully saturated rings. The number of hydrogen-bond acceptors (Lipinski definition) is 4. The molecule has 0 radical (unpaired) electrons. The molecule has 0 aromatic heterocycles. The van der Waals surface area contributed by atoms with Crippen molar-refractivity contribution in [3.63, 3.8) is 0 Å². The van der Waals surface area contributed by atoms with E-state index in [1.54, 1.807) is 50.2 Å². The number of hydrogen-bond donors (Lipinski definition) is 1. The van der Waals surface area contributed by atoms with E-state index in [4.69, 9.17) is 11.6 Å². The van der Waals surface area contributed by atoms with Gasteiger partial charge >= 0.3 is 0 Å². The molecule has 1 N–H and O–H groups in total. The van der Waals surface area contributed by atoms with E-state index in [-0.39, 0.29) is 10.8 Å². The summed E-state index contributed by atoms with van der Waals surface area (Å²) in [5, 5.41) is 3.39. The second kappa shape index (κ2) is 11.3. The minimum atomic E-state index is -3.85. The van der Waals surface area contributed by atoms with Crippen molar-refractivity contribution in [1.29, 1.82) is 0 Å². The minimum Gasteiger partial charge on any atom is -0.345 e. The van der Waals surface area contributed by atoms with Crippen LogP contribution in [0.5, 0.6) is 0 Å². The molecule has 0 spiro atoms. The van der Waals surface area contributed by atoms with Gasteiger partial charge in [-0.15, -0.1) is 0 Å². The molecule has 1 amide bonds. The maximum absolute atomic E-state index is 13.4. The third-order valence-electron chi connectivity index (χ3n) is 6.32. The summed E-state index contributed by atoms with van der Waals surface area (Å²) in [4.78, 5) is 14.8. The Bertz CT molecular complexity index is 1210. The average Bonchev–Trinajstić information content (AvgIpc) is 2.81. The van der Waals surface area contributed by atoms with E-state index in [9.17, 15) is 13.2 Å². The van der Waals surface area contributed by atoms with Crippen LogP contribution in [0.4, 0.5) is 5.69 Å². The van der Waals surface area contributed by atoms with Gasteiger partial charge in [0.25, 0.3) is 15.9 Å². The Morgan fingerprint density at radius 1 is 1.18 bits per heavy atom. The molecule has 34 heavy (non-hydrogen) atoms. The van der Waals surface area contributed by atoms with Gasteiger partial charge in [-0.2, -0.15) is 0 Å². The highest BCUT2D eigenvalue weighted by molar-refractivity contribution is 7.92. The summed E-state index contributed by atoms with van der Waals surface area (Å²) in [6, 6.07) is 10.1. The number of carbonyl (C=O) groups excluding carboxylic acids is 1. The van der Waals surface area contributed by atoms with Crippen LogP contribution >= 0.6 is 11.6 Å². The lowest BCUT2D eigenvalue weighted by atomic mass is 9.94. The number of piperidine rings is 1. The van der Waals surface area contributed by atoms with E-state index in [1.807, 2.05) is 0 Å². The summed E-state index contributed by atoms with van der Waals surface area (Å²) < 4.78 is 27.9. The Kier molecular flexibility index (Phi) is 8.64. The molecular formula is C26H32ClN3O3S. The van der Waals surface area contributed by atoms with Crippen molar-refractivity contribution in [2.75, 3.05) is 38.0 Å². The Morgan fingerprint density at radius 2 is 1.85 bits per heavy atom. The van der Waals surface area contributed by atoms with Gasteiger partial charge in [-0.3, -0.25) is 9.10 Å². The summed E-state index contributed by atoms with van der Waals surface area (Å²) in [6.07, 6.45) is 3.25. The van der Waals surface area contributed by atoms with Gasteiger partial charge in [0.15, 0.2) is 0 Å². The van der Waals surface area contributed by atoms with Crippen LogP contribution < -0.4 is 9.62 Å². The van der Waals surface area contributed by atoms with Crippen molar-refractivity contribution >= 4 is 33.2 Å². The Hall–Kier alpha value is -2.53. The van der Waals surface area contributed by atoms with Crippen LogP contribution in [0.2, 0.25) is 5.02 Å². The molecule has 8 heteroatoms. The molecule has 0 unspecified atom stereocenters. The lowest BCUT2D eigenvalue weighted by Crippen LogP contribution is -2.32. The number of para-hydroxylation sites is 1. The van der Waals surface area contributed by atoms with Gasteiger partial charge in [0.2, 0.25) is 0 Å². The van der Waals surface area contributed by atoms with Gasteiger partial charge in [0.1, 0.15) is 0 Å². The SMILES string of the molecule is Cc1cc(S(=O)(=O)N(C)c2ccccc2C#CC(=O)NCCC2CCN(C)CC2)c(C)cc1Cl. The van der Waals surface area contributed by atoms with Crippen LogP contribution in [-0.2, 0) is 14.8 Å². The third-order valence-corrected chi connectivity index (χ3v) is 8.65. The minimum absolute atomic E-state index is 0.186. The number of nitrogens with zero attached hydrogens (tertiary/aromatic N) is 2. The monoisotopic (exact) mass is 501 g/mol. The third kappa shape index (κ3) is 6.32. The fraction of sp³-hybridized carbons (Fsp3) is 0.423. The number of sulfonamides is 1. The summed E-state index contributed by atoms with van der Waals surface area (Å²) in [7, 11) is -0.233. The van der Waals surface area contributed by atoms with Crippen LogP contribution in [0.1, 0.15) is 36.0 Å². The average molecular weight is 502 g/mol. The Labute approximate surface area is 208 Å². The van der Waals surface area contributed by atoms with Gasteiger partial charge in [0.05, 0.1) is 10.6 Å². The molecule has 2 aromatic rings. The molecule has 0 bridgehead atoms. The molecule has 6 nitrogen and oxygen atoms in total. The van der Waals surface area contributed by atoms with Gasteiger partial charge < -0.3 is 10.2 Å². The molecule has 0 aliphatic carbocycles. The molecule has 0 saturated carbocycles. The zero-order valence-electron chi connectivity index (χ0n) is 20.2. The quantitative estimate of drug-likeness (QED) is 0.608. The second-order valence-electron chi connectivity index (χ2n) is 8.90. The highest BCUT2D eigenvalue weighted by atomic mass is 35.5. The van der Waals surface area contributed by atoms with Crippen LogP contribution in [0.3, 0.4) is 0 Å². The molecule has 2 aromatic carbocycles. The fourth-order valence-corrected chi connectivity index (χ4v) is 5.80. The lowest BCUT2D eigenvalue weighted by Gasteiger charge is -2.28. The van der Waals surface area contributed by atoms with Crippen molar-refractivity contribution in [3.05, 3.63) is 58.1 Å². The van der Waals surface area contributed by atoms with Crippen molar-refractivity contribution in [1.82, 2.24) is 10.2 Å². The first-order valence-corrected chi connectivity index (χ1v) is 13.2. The number of benzene rings is 2. The number of anilines is 1. The first-order chi connectivity index (χ1) is 16.1. The summed E-state index contributed by atoms with van der Waals surface area (Å²) in [5.41, 5.74) is 2.11. The highest BCUT2D eigenvalue weighted by Gasteiger charge is 2.25. The van der Waals surface area contributed by atoms with E-state index in [0.717, 1.165) is 32.4 Å². The summed E-state index contributed by atoms with van der Waals surface area (Å²) >= 11 is 6.15. The van der Waals surface area contributed by atoms with E-state index >= 15 is 0 Å². The number of carbonyl (C=O) groups is 1. The van der Waals surface area contributed by atoms with Crippen LogP contribution in [0.15, 0.2) is 41.3 Å². The molecule has 1 aliphatic rings. The largest absolute Gasteiger partial charge is 0.345 e. The van der Waals surface area contributed by atoms with Gasteiger partial charge in [-0.05, 0) is 94.6 Å². The van der Waals surface area contributed by atoms with Gasteiger partial charge in [-0.1, -0.05) is 29.7 Å². The van der Waals surface area contributed by atoms with E-state index in [0.29, 0.717) is 39.9 Å². The Balaban J connectivity index is 1.72. The predicted octanol–water partition coefficient (Wildman–Crippen LogP) is 3.98. The molecule has 1 aliphatic heterocycles. The number of likely N-dealkylation sites (tertiary alicyclic amines) is 1. The van der Waals surface area contributed by atoms with E-state index < -0.39 is 10.0 Å². The van der Waals surface area contributed by atoms with Crippen LogP contribution in [0, 0.1) is 31.6 Å². The maximum Gasteiger partial charge on any atom is 0.296 e.